The molecule has 0 aliphatic carbocycles. The summed E-state index contributed by atoms with van der Waals surface area (Å²) in [5, 5.41) is 16.2. The van der Waals surface area contributed by atoms with E-state index in [1.165, 1.54) is 35.6 Å². The van der Waals surface area contributed by atoms with Crippen LogP contribution in [-0.4, -0.2) is 15.8 Å². The molecule has 110 valence electrons. The van der Waals surface area contributed by atoms with E-state index in [1.807, 2.05) is 26.2 Å². The maximum Gasteiger partial charge on any atom is 0.269 e. The number of amides is 1. The Balaban J connectivity index is 2.15. The van der Waals surface area contributed by atoms with Gasteiger partial charge >= 0.3 is 0 Å². The molecule has 0 unspecified atom stereocenters. The zero-order valence-electron chi connectivity index (χ0n) is 11.9. The number of thiazole rings is 1. The number of carbonyl (C=O) groups is 1. The highest BCUT2D eigenvalue weighted by Gasteiger charge is 2.26. The van der Waals surface area contributed by atoms with Crippen LogP contribution in [-0.2, 0) is 5.54 Å². The Bertz CT molecular complexity index is 677. The van der Waals surface area contributed by atoms with Crippen molar-refractivity contribution in [3.63, 3.8) is 0 Å². The number of aryl methyl sites for hydroxylation is 1. The smallest absolute Gasteiger partial charge is 0.269 e. The minimum atomic E-state index is -0.599. The second kappa shape index (κ2) is 5.61. The van der Waals surface area contributed by atoms with Crippen molar-refractivity contribution in [1.29, 1.82) is 0 Å². The standard InChI is InChI=1S/C14H15N3O3S/c1-9-8-21-13(15-9)14(2,3)16-12(18)10-4-6-11(7-5-10)17(19)20/h4-8H,1-3H3,(H,16,18). The van der Waals surface area contributed by atoms with Crippen LogP contribution in [0.3, 0.4) is 0 Å². The lowest BCUT2D eigenvalue weighted by Gasteiger charge is -2.23. The Morgan fingerprint density at radius 3 is 2.43 bits per heavy atom. The van der Waals surface area contributed by atoms with Crippen LogP contribution in [0.15, 0.2) is 29.6 Å². The van der Waals surface area contributed by atoms with E-state index < -0.39 is 10.5 Å². The quantitative estimate of drug-likeness (QED) is 0.695. The maximum absolute atomic E-state index is 12.2. The number of nitrogens with one attached hydrogen (secondary N) is 1. The monoisotopic (exact) mass is 305 g/mol. The predicted octanol–water partition coefficient (Wildman–Crippen LogP) is 3.02. The molecule has 0 radical (unpaired) electrons. The summed E-state index contributed by atoms with van der Waals surface area (Å²) in [4.78, 5) is 26.7. The van der Waals surface area contributed by atoms with Crippen LogP contribution in [0, 0.1) is 17.0 Å². The van der Waals surface area contributed by atoms with Crippen LogP contribution in [0.1, 0.15) is 34.9 Å². The first-order chi connectivity index (χ1) is 9.79. The molecule has 2 rings (SSSR count). The number of hydrogen-bond acceptors (Lipinski definition) is 5. The molecule has 0 saturated heterocycles. The molecule has 0 aliphatic heterocycles. The summed E-state index contributed by atoms with van der Waals surface area (Å²) < 4.78 is 0. The summed E-state index contributed by atoms with van der Waals surface area (Å²) in [6.45, 7) is 5.64. The van der Waals surface area contributed by atoms with E-state index in [1.54, 1.807) is 0 Å². The fourth-order valence-corrected chi connectivity index (χ4v) is 2.66. The van der Waals surface area contributed by atoms with Gasteiger partial charge in [-0.1, -0.05) is 0 Å². The van der Waals surface area contributed by atoms with Crippen molar-refractivity contribution in [3.8, 4) is 0 Å². The third-order valence-electron chi connectivity index (χ3n) is 2.92. The molecule has 0 fully saturated rings. The molecule has 1 amide bonds. The van der Waals surface area contributed by atoms with Crippen molar-refractivity contribution in [2.45, 2.75) is 26.3 Å². The van der Waals surface area contributed by atoms with Crippen molar-refractivity contribution in [2.75, 3.05) is 0 Å². The fourth-order valence-electron chi connectivity index (χ4n) is 1.79. The van der Waals surface area contributed by atoms with E-state index in [-0.39, 0.29) is 11.6 Å². The van der Waals surface area contributed by atoms with E-state index in [9.17, 15) is 14.9 Å². The average Bonchev–Trinajstić information content (AvgIpc) is 2.86. The van der Waals surface area contributed by atoms with Crippen LogP contribution in [0.25, 0.3) is 0 Å². The van der Waals surface area contributed by atoms with Gasteiger partial charge in [-0.25, -0.2) is 4.98 Å². The highest BCUT2D eigenvalue weighted by molar-refractivity contribution is 7.09. The molecule has 21 heavy (non-hydrogen) atoms. The number of hydrogen-bond donors (Lipinski definition) is 1. The van der Waals surface area contributed by atoms with E-state index in [2.05, 4.69) is 10.3 Å². The van der Waals surface area contributed by atoms with Crippen LogP contribution in [0.5, 0.6) is 0 Å². The summed E-state index contributed by atoms with van der Waals surface area (Å²) in [7, 11) is 0. The molecule has 1 aromatic heterocycles. The maximum atomic E-state index is 12.2. The number of nitro benzene ring substituents is 1. The number of carbonyl (C=O) groups excluding carboxylic acids is 1. The second-order valence-electron chi connectivity index (χ2n) is 5.18. The highest BCUT2D eigenvalue weighted by Crippen LogP contribution is 2.24. The average molecular weight is 305 g/mol. The summed E-state index contributed by atoms with van der Waals surface area (Å²) in [5.41, 5.74) is 0.647. The molecule has 0 bridgehead atoms. The Hall–Kier alpha value is -2.28. The van der Waals surface area contributed by atoms with Gasteiger partial charge in [-0.3, -0.25) is 14.9 Å². The van der Waals surface area contributed by atoms with Crippen molar-refractivity contribution >= 4 is 22.9 Å². The Kier molecular flexibility index (Phi) is 4.04. The number of aromatic nitrogens is 1. The van der Waals surface area contributed by atoms with Crippen molar-refractivity contribution < 1.29 is 9.72 Å². The SMILES string of the molecule is Cc1csc(C(C)(C)NC(=O)c2ccc([N+](=O)[O-])cc2)n1. The van der Waals surface area contributed by atoms with Crippen molar-refractivity contribution in [3.05, 3.63) is 56.0 Å². The van der Waals surface area contributed by atoms with Crippen molar-refractivity contribution in [2.24, 2.45) is 0 Å². The number of non-ortho nitro benzene ring substituents is 1. The Morgan fingerprint density at radius 1 is 1.33 bits per heavy atom. The Morgan fingerprint density at radius 2 is 1.95 bits per heavy atom. The summed E-state index contributed by atoms with van der Waals surface area (Å²) in [6.07, 6.45) is 0. The van der Waals surface area contributed by atoms with Gasteiger partial charge in [-0.15, -0.1) is 11.3 Å². The number of rotatable bonds is 4. The van der Waals surface area contributed by atoms with Gasteiger partial charge in [-0.2, -0.15) is 0 Å². The molecular formula is C14H15N3O3S. The normalized spacial score (nSPS) is 11.2. The molecule has 1 heterocycles. The van der Waals surface area contributed by atoms with E-state index in [4.69, 9.17) is 0 Å². The fraction of sp³-hybridized carbons (Fsp3) is 0.286. The molecule has 0 saturated carbocycles. The molecule has 6 nitrogen and oxygen atoms in total. The molecule has 2 aromatic rings. The summed E-state index contributed by atoms with van der Waals surface area (Å²) in [5.74, 6) is -0.289. The molecule has 0 aliphatic rings. The van der Waals surface area contributed by atoms with Gasteiger partial charge in [0.25, 0.3) is 11.6 Å². The van der Waals surface area contributed by atoms with Gasteiger partial charge in [0.2, 0.25) is 0 Å². The van der Waals surface area contributed by atoms with Crippen LogP contribution in [0.2, 0.25) is 0 Å². The molecule has 0 atom stereocenters. The van der Waals surface area contributed by atoms with Crippen molar-refractivity contribution in [1.82, 2.24) is 10.3 Å². The minimum Gasteiger partial charge on any atom is -0.341 e. The molecular weight excluding hydrogens is 290 g/mol. The molecule has 1 N–H and O–H groups in total. The van der Waals surface area contributed by atoms with E-state index in [0.717, 1.165) is 10.7 Å². The number of benzene rings is 1. The lowest BCUT2D eigenvalue weighted by molar-refractivity contribution is -0.384. The summed E-state index contributed by atoms with van der Waals surface area (Å²) in [6, 6.07) is 5.51. The minimum absolute atomic E-state index is 0.0404. The van der Waals surface area contributed by atoms with Crippen LogP contribution >= 0.6 is 11.3 Å². The molecule has 1 aromatic carbocycles. The highest BCUT2D eigenvalue weighted by atomic mass is 32.1. The lowest BCUT2D eigenvalue weighted by atomic mass is 10.1. The first-order valence-corrected chi connectivity index (χ1v) is 7.17. The van der Waals surface area contributed by atoms with Crippen LogP contribution < -0.4 is 5.32 Å². The summed E-state index contributed by atoms with van der Waals surface area (Å²) >= 11 is 1.48. The van der Waals surface area contributed by atoms with E-state index >= 15 is 0 Å². The van der Waals surface area contributed by atoms with Crippen LogP contribution in [0.4, 0.5) is 5.69 Å². The van der Waals surface area contributed by atoms with Gasteiger partial charge in [0.05, 0.1) is 10.5 Å². The Labute approximate surface area is 126 Å². The van der Waals surface area contributed by atoms with Gasteiger partial charge in [0.1, 0.15) is 5.01 Å². The molecule has 0 spiro atoms. The first kappa shape index (κ1) is 15.1. The van der Waals surface area contributed by atoms with E-state index in [0.29, 0.717) is 5.56 Å². The van der Waals surface area contributed by atoms with Gasteiger partial charge < -0.3 is 5.32 Å². The topological polar surface area (TPSA) is 85.1 Å². The predicted molar refractivity (Wildman–Crippen MR) is 80.4 cm³/mol. The third kappa shape index (κ3) is 3.43. The zero-order chi connectivity index (χ0) is 15.6. The molecule has 7 heteroatoms. The lowest BCUT2D eigenvalue weighted by Crippen LogP contribution is -2.40. The number of nitro groups is 1. The second-order valence-corrected chi connectivity index (χ2v) is 6.04. The van der Waals surface area contributed by atoms with Gasteiger partial charge in [-0.05, 0) is 32.9 Å². The van der Waals surface area contributed by atoms with Gasteiger partial charge in [0, 0.05) is 28.8 Å². The first-order valence-electron chi connectivity index (χ1n) is 6.29. The largest absolute Gasteiger partial charge is 0.341 e. The third-order valence-corrected chi connectivity index (χ3v) is 4.20. The number of nitrogens with zero attached hydrogens (tertiary/aromatic N) is 2. The zero-order valence-corrected chi connectivity index (χ0v) is 12.7. The van der Waals surface area contributed by atoms with Gasteiger partial charge in [0.15, 0.2) is 0 Å².